The molecule has 0 atom stereocenters. The van der Waals surface area contributed by atoms with E-state index >= 15 is 0 Å². The van der Waals surface area contributed by atoms with Crippen molar-refractivity contribution in [2.45, 2.75) is 19.0 Å². The fraction of sp³-hybridized carbons (Fsp3) is 0.476. The lowest BCUT2D eigenvalue weighted by molar-refractivity contribution is -0.146. The van der Waals surface area contributed by atoms with Crippen LogP contribution in [0.3, 0.4) is 0 Å². The summed E-state index contributed by atoms with van der Waals surface area (Å²) in [5.74, 6) is -0.809. The molecular weight excluding hydrogens is 455 g/mol. The number of amides is 2. The zero-order chi connectivity index (χ0) is 23.9. The molecule has 2 saturated heterocycles. The smallest absolute Gasteiger partial charge is 0.453 e. The van der Waals surface area contributed by atoms with Crippen LogP contribution in [0.4, 0.5) is 19.0 Å². The molecule has 0 N–H and O–H groups in total. The van der Waals surface area contributed by atoms with Gasteiger partial charge in [0.25, 0.3) is 11.7 Å². The second-order valence-corrected chi connectivity index (χ2v) is 8.34. The van der Waals surface area contributed by atoms with Crippen molar-refractivity contribution in [3.63, 3.8) is 0 Å². The van der Waals surface area contributed by atoms with Gasteiger partial charge < -0.3 is 19.1 Å². The van der Waals surface area contributed by atoms with Gasteiger partial charge in [-0.3, -0.25) is 9.59 Å². The van der Waals surface area contributed by atoms with Crippen molar-refractivity contribution in [1.82, 2.24) is 29.6 Å². The largest absolute Gasteiger partial charge is 0.459 e. The molecule has 10 nitrogen and oxygen atoms in total. The molecular formula is C21H22F3N7O3. The first-order valence-corrected chi connectivity index (χ1v) is 11.0. The van der Waals surface area contributed by atoms with Crippen molar-refractivity contribution in [3.05, 3.63) is 42.1 Å². The number of nitrogens with zero attached hydrogens (tertiary/aromatic N) is 7. The number of carbonyl (C=O) groups excluding carboxylic acids is 2. The molecule has 0 saturated carbocycles. The normalized spacial score (nSPS) is 18.0. The van der Waals surface area contributed by atoms with Gasteiger partial charge in [0.15, 0.2) is 11.4 Å². The van der Waals surface area contributed by atoms with E-state index in [-0.39, 0.29) is 29.1 Å². The Morgan fingerprint density at radius 1 is 0.941 bits per heavy atom. The van der Waals surface area contributed by atoms with Crippen molar-refractivity contribution in [2.24, 2.45) is 5.92 Å². The highest BCUT2D eigenvalue weighted by molar-refractivity contribution is 5.91. The summed E-state index contributed by atoms with van der Waals surface area (Å²) in [5, 5.41) is 10.8. The van der Waals surface area contributed by atoms with Gasteiger partial charge in [0.1, 0.15) is 5.82 Å². The van der Waals surface area contributed by atoms with Gasteiger partial charge in [-0.05, 0) is 37.1 Å². The number of rotatable bonds is 3. The number of furan rings is 1. The van der Waals surface area contributed by atoms with E-state index in [1.165, 1.54) is 12.3 Å². The Labute approximate surface area is 191 Å². The highest BCUT2D eigenvalue weighted by Crippen LogP contribution is 2.29. The quantitative estimate of drug-likeness (QED) is 0.568. The second kappa shape index (κ2) is 8.61. The molecule has 3 aromatic rings. The van der Waals surface area contributed by atoms with Crippen LogP contribution < -0.4 is 4.90 Å². The van der Waals surface area contributed by atoms with Gasteiger partial charge in [-0.2, -0.15) is 17.7 Å². The molecule has 2 aliphatic heterocycles. The predicted octanol–water partition coefficient (Wildman–Crippen LogP) is 1.94. The highest BCUT2D eigenvalue weighted by Gasteiger charge is 2.38. The topological polar surface area (TPSA) is 100 Å². The predicted molar refractivity (Wildman–Crippen MR) is 112 cm³/mol. The van der Waals surface area contributed by atoms with Crippen molar-refractivity contribution < 1.29 is 27.2 Å². The molecule has 0 unspecified atom stereocenters. The number of anilines is 1. The van der Waals surface area contributed by atoms with Crippen LogP contribution in [0, 0.1) is 5.92 Å². The van der Waals surface area contributed by atoms with E-state index in [1.807, 2.05) is 4.90 Å². The van der Waals surface area contributed by atoms with Crippen LogP contribution in [-0.4, -0.2) is 80.7 Å². The number of fused-ring (bicyclic) bond motifs is 1. The Bertz CT molecular complexity index is 1180. The summed E-state index contributed by atoms with van der Waals surface area (Å²) in [6, 6.07) is 6.34. The number of alkyl halides is 3. The van der Waals surface area contributed by atoms with Crippen molar-refractivity contribution in [3.8, 4) is 0 Å². The van der Waals surface area contributed by atoms with E-state index in [9.17, 15) is 22.8 Å². The molecule has 180 valence electrons. The fourth-order valence-electron chi connectivity index (χ4n) is 4.42. The maximum atomic E-state index is 13.1. The summed E-state index contributed by atoms with van der Waals surface area (Å²) in [6.07, 6.45) is -2.07. The van der Waals surface area contributed by atoms with Gasteiger partial charge in [0.05, 0.1) is 6.26 Å². The molecule has 0 spiro atoms. The van der Waals surface area contributed by atoms with Gasteiger partial charge in [-0.25, -0.2) is 0 Å². The average Bonchev–Trinajstić information content (AvgIpc) is 3.53. The lowest BCUT2D eigenvalue weighted by Gasteiger charge is -2.38. The number of carbonyl (C=O) groups is 2. The lowest BCUT2D eigenvalue weighted by atomic mass is 9.95. The van der Waals surface area contributed by atoms with Gasteiger partial charge in [0, 0.05) is 45.2 Å². The van der Waals surface area contributed by atoms with E-state index in [0.717, 1.165) is 0 Å². The Balaban J connectivity index is 1.17. The van der Waals surface area contributed by atoms with E-state index in [0.29, 0.717) is 62.4 Å². The van der Waals surface area contributed by atoms with Gasteiger partial charge >= 0.3 is 6.18 Å². The third-order valence-electron chi connectivity index (χ3n) is 6.28. The molecule has 0 aromatic carbocycles. The van der Waals surface area contributed by atoms with Crippen LogP contribution >= 0.6 is 0 Å². The summed E-state index contributed by atoms with van der Waals surface area (Å²) in [5.41, 5.74) is 0.0193. The number of aromatic nitrogens is 4. The minimum absolute atomic E-state index is 0.0193. The number of halogens is 3. The first-order valence-electron chi connectivity index (χ1n) is 11.0. The summed E-state index contributed by atoms with van der Waals surface area (Å²) in [4.78, 5) is 30.7. The molecule has 5 heterocycles. The van der Waals surface area contributed by atoms with Crippen LogP contribution in [0.5, 0.6) is 0 Å². The van der Waals surface area contributed by atoms with E-state index in [1.54, 1.807) is 28.0 Å². The maximum Gasteiger partial charge on any atom is 0.453 e. The number of piperazine rings is 1. The monoisotopic (exact) mass is 477 g/mol. The minimum Gasteiger partial charge on any atom is -0.459 e. The van der Waals surface area contributed by atoms with Crippen LogP contribution in [0.2, 0.25) is 0 Å². The Kier molecular flexibility index (Phi) is 5.62. The molecule has 2 aliphatic rings. The summed E-state index contributed by atoms with van der Waals surface area (Å²) >= 11 is 0. The number of piperidine rings is 1. The van der Waals surface area contributed by atoms with Crippen LogP contribution in [0.1, 0.15) is 29.2 Å². The van der Waals surface area contributed by atoms with E-state index in [2.05, 4.69) is 15.3 Å². The standard InChI is InChI=1S/C21H22F3N7O3/c22-21(23,24)20-26-25-16-3-4-17(27-31(16)20)28-7-5-14(6-8-28)18(32)29-9-11-30(12-10-29)19(33)15-2-1-13-34-15/h1-4,13-14H,5-12H2. The minimum atomic E-state index is -4.66. The zero-order valence-corrected chi connectivity index (χ0v) is 18.1. The van der Waals surface area contributed by atoms with Crippen LogP contribution in [0.25, 0.3) is 5.65 Å². The fourth-order valence-corrected chi connectivity index (χ4v) is 4.42. The van der Waals surface area contributed by atoms with E-state index < -0.39 is 12.0 Å². The first-order chi connectivity index (χ1) is 16.3. The third kappa shape index (κ3) is 4.17. The van der Waals surface area contributed by atoms with E-state index in [4.69, 9.17) is 4.42 Å². The van der Waals surface area contributed by atoms with Crippen molar-refractivity contribution >= 4 is 23.3 Å². The zero-order valence-electron chi connectivity index (χ0n) is 18.1. The first kappa shape index (κ1) is 22.2. The van der Waals surface area contributed by atoms with Crippen LogP contribution in [-0.2, 0) is 11.0 Å². The second-order valence-electron chi connectivity index (χ2n) is 8.34. The summed E-state index contributed by atoms with van der Waals surface area (Å²) in [7, 11) is 0. The molecule has 3 aromatic heterocycles. The van der Waals surface area contributed by atoms with Crippen molar-refractivity contribution in [1.29, 1.82) is 0 Å². The number of hydrogen-bond donors (Lipinski definition) is 0. The van der Waals surface area contributed by atoms with Gasteiger partial charge in [0.2, 0.25) is 5.91 Å². The highest BCUT2D eigenvalue weighted by atomic mass is 19.4. The maximum absolute atomic E-state index is 13.1. The molecule has 0 bridgehead atoms. The third-order valence-corrected chi connectivity index (χ3v) is 6.28. The molecule has 13 heteroatoms. The molecule has 34 heavy (non-hydrogen) atoms. The lowest BCUT2D eigenvalue weighted by Crippen LogP contribution is -2.53. The van der Waals surface area contributed by atoms with Crippen LogP contribution in [0.15, 0.2) is 34.9 Å². The molecule has 2 amide bonds. The Morgan fingerprint density at radius 2 is 1.65 bits per heavy atom. The summed E-state index contributed by atoms with van der Waals surface area (Å²) < 4.78 is 45.3. The SMILES string of the molecule is O=C(c1ccco1)N1CCN(C(=O)C2CCN(c3ccc4nnc(C(F)(F)F)n4n3)CC2)CC1. The van der Waals surface area contributed by atoms with Gasteiger partial charge in [-0.1, -0.05) is 0 Å². The Hall–Kier alpha value is -3.64. The molecule has 0 radical (unpaired) electrons. The number of hydrogen-bond acceptors (Lipinski definition) is 7. The molecule has 0 aliphatic carbocycles. The van der Waals surface area contributed by atoms with Crippen molar-refractivity contribution in [2.75, 3.05) is 44.2 Å². The average molecular weight is 477 g/mol. The molecule has 2 fully saturated rings. The van der Waals surface area contributed by atoms with Gasteiger partial charge in [-0.15, -0.1) is 15.3 Å². The molecule has 5 rings (SSSR count). The Morgan fingerprint density at radius 3 is 2.29 bits per heavy atom. The summed E-state index contributed by atoms with van der Waals surface area (Å²) in [6.45, 7) is 2.78.